The third-order valence-electron chi connectivity index (χ3n) is 6.52. The number of hydrogen-bond donors (Lipinski definition) is 1. The van der Waals surface area contributed by atoms with Crippen LogP contribution >= 0.6 is 0 Å². The van der Waals surface area contributed by atoms with Crippen LogP contribution in [0.2, 0.25) is 0 Å². The molecule has 2 aliphatic rings. The van der Waals surface area contributed by atoms with Crippen molar-refractivity contribution in [2.45, 2.75) is 71.0 Å². The number of methoxy groups -OCH3 is 1. The summed E-state index contributed by atoms with van der Waals surface area (Å²) >= 11 is 0. The van der Waals surface area contributed by atoms with Crippen LogP contribution in [0.25, 0.3) is 0 Å². The van der Waals surface area contributed by atoms with Gasteiger partial charge >= 0.3 is 0 Å². The van der Waals surface area contributed by atoms with Gasteiger partial charge in [0.05, 0.1) is 7.11 Å². The molecule has 1 aliphatic heterocycles. The van der Waals surface area contributed by atoms with Crippen molar-refractivity contribution in [2.75, 3.05) is 20.2 Å². The van der Waals surface area contributed by atoms with Crippen molar-refractivity contribution in [3.05, 3.63) is 46.8 Å². The second-order valence-corrected chi connectivity index (χ2v) is 8.43. The number of ether oxygens (including phenoxy) is 1. The molecular formula is C24H34N4O2. The van der Waals surface area contributed by atoms with E-state index in [1.54, 1.807) is 7.11 Å². The molecule has 30 heavy (non-hydrogen) atoms. The maximum atomic E-state index is 13.3. The Balaban J connectivity index is 1.50. The van der Waals surface area contributed by atoms with Crippen LogP contribution in [0.3, 0.4) is 0 Å². The zero-order valence-corrected chi connectivity index (χ0v) is 18.3. The van der Waals surface area contributed by atoms with E-state index in [1.807, 2.05) is 23.1 Å². The predicted molar refractivity (Wildman–Crippen MR) is 118 cm³/mol. The van der Waals surface area contributed by atoms with Gasteiger partial charge in [0.1, 0.15) is 5.75 Å². The average molecular weight is 411 g/mol. The Hall–Kier alpha value is -2.34. The standard InChI is InChI=1S/C24H34N4O2/c1-3-28-21-13-12-19(25-17-18-10-6-7-11-22(18)30-2)16-20(21)23(26-28)24(29)27-14-8-4-5-9-15-27/h6-7,10-11,19,25H,3-5,8-9,12-17H2,1-2H3/t19-/m0/s1. The first kappa shape index (κ1) is 20.9. The summed E-state index contributed by atoms with van der Waals surface area (Å²) in [7, 11) is 1.71. The number of nitrogens with zero attached hydrogens (tertiary/aromatic N) is 3. The van der Waals surface area contributed by atoms with Gasteiger partial charge in [-0.05, 0) is 45.1 Å². The first-order valence-corrected chi connectivity index (χ1v) is 11.4. The van der Waals surface area contributed by atoms with Crippen LogP contribution in [-0.2, 0) is 25.9 Å². The lowest BCUT2D eigenvalue weighted by atomic mass is 9.90. The van der Waals surface area contributed by atoms with Gasteiger partial charge in [-0.25, -0.2) is 0 Å². The van der Waals surface area contributed by atoms with E-state index >= 15 is 0 Å². The number of aromatic nitrogens is 2. The molecular weight excluding hydrogens is 376 g/mol. The molecule has 1 aromatic carbocycles. The molecule has 6 nitrogen and oxygen atoms in total. The zero-order chi connectivity index (χ0) is 20.9. The lowest BCUT2D eigenvalue weighted by Crippen LogP contribution is -2.36. The Morgan fingerprint density at radius 1 is 1.20 bits per heavy atom. The molecule has 4 rings (SSSR count). The fraction of sp³-hybridized carbons (Fsp3) is 0.583. The lowest BCUT2D eigenvalue weighted by molar-refractivity contribution is 0.0753. The maximum absolute atomic E-state index is 13.3. The minimum absolute atomic E-state index is 0.130. The molecule has 162 valence electrons. The van der Waals surface area contributed by atoms with Crippen molar-refractivity contribution in [3.63, 3.8) is 0 Å². The molecule has 1 amide bonds. The second-order valence-electron chi connectivity index (χ2n) is 8.43. The third kappa shape index (κ3) is 4.38. The van der Waals surface area contributed by atoms with Crippen LogP contribution in [0.15, 0.2) is 24.3 Å². The SMILES string of the molecule is CCn1nc(C(=O)N2CCCCCC2)c2c1CC[C@H](NCc1ccccc1OC)C2. The number of nitrogens with one attached hydrogen (secondary N) is 1. The van der Waals surface area contributed by atoms with Gasteiger partial charge in [0.2, 0.25) is 0 Å². The van der Waals surface area contributed by atoms with Crippen molar-refractivity contribution in [1.82, 2.24) is 20.0 Å². The molecule has 0 unspecified atom stereocenters. The van der Waals surface area contributed by atoms with Crippen LogP contribution in [-0.4, -0.2) is 46.8 Å². The van der Waals surface area contributed by atoms with Crippen molar-refractivity contribution in [3.8, 4) is 5.75 Å². The normalized spacial score (nSPS) is 19.3. The van der Waals surface area contributed by atoms with Gasteiger partial charge in [-0.1, -0.05) is 31.0 Å². The highest BCUT2D eigenvalue weighted by Gasteiger charge is 2.31. The molecule has 2 aromatic rings. The van der Waals surface area contributed by atoms with Gasteiger partial charge in [-0.2, -0.15) is 5.10 Å². The van der Waals surface area contributed by atoms with E-state index in [0.29, 0.717) is 11.7 Å². The van der Waals surface area contributed by atoms with E-state index in [1.165, 1.54) is 18.5 Å². The lowest BCUT2D eigenvalue weighted by Gasteiger charge is -2.26. The average Bonchev–Trinajstić information content (AvgIpc) is 2.95. The number of carbonyl (C=O) groups excluding carboxylic acids is 1. The fourth-order valence-electron chi connectivity index (χ4n) is 4.82. The van der Waals surface area contributed by atoms with Crippen molar-refractivity contribution in [1.29, 1.82) is 0 Å². The van der Waals surface area contributed by atoms with Crippen LogP contribution in [0.5, 0.6) is 5.75 Å². The predicted octanol–water partition coefficient (Wildman–Crippen LogP) is 3.57. The Morgan fingerprint density at radius 2 is 1.97 bits per heavy atom. The molecule has 1 atom stereocenters. The van der Waals surface area contributed by atoms with Crippen molar-refractivity contribution in [2.24, 2.45) is 0 Å². The monoisotopic (exact) mass is 410 g/mol. The minimum Gasteiger partial charge on any atom is -0.496 e. The van der Waals surface area contributed by atoms with Crippen molar-refractivity contribution >= 4 is 5.91 Å². The fourth-order valence-corrected chi connectivity index (χ4v) is 4.82. The first-order valence-electron chi connectivity index (χ1n) is 11.4. The molecule has 1 fully saturated rings. The molecule has 1 aromatic heterocycles. The van der Waals surface area contributed by atoms with Gasteiger partial charge in [0.25, 0.3) is 5.91 Å². The number of hydrogen-bond acceptors (Lipinski definition) is 4. The van der Waals surface area contributed by atoms with Gasteiger partial charge in [-0.3, -0.25) is 9.48 Å². The Morgan fingerprint density at radius 3 is 2.70 bits per heavy atom. The van der Waals surface area contributed by atoms with Gasteiger partial charge in [-0.15, -0.1) is 0 Å². The summed E-state index contributed by atoms with van der Waals surface area (Å²) in [6, 6.07) is 8.48. The first-order chi connectivity index (χ1) is 14.7. The van der Waals surface area contributed by atoms with E-state index in [2.05, 4.69) is 23.0 Å². The van der Waals surface area contributed by atoms with Gasteiger partial charge in [0.15, 0.2) is 5.69 Å². The van der Waals surface area contributed by atoms with Crippen LogP contribution in [0.1, 0.15) is 66.3 Å². The highest BCUT2D eigenvalue weighted by atomic mass is 16.5. The largest absolute Gasteiger partial charge is 0.496 e. The summed E-state index contributed by atoms with van der Waals surface area (Å²) in [5, 5.41) is 8.47. The van der Waals surface area contributed by atoms with Crippen LogP contribution < -0.4 is 10.1 Å². The number of para-hydroxylation sites is 1. The Labute approximate surface area is 179 Å². The topological polar surface area (TPSA) is 59.4 Å². The number of fused-ring (bicyclic) bond motifs is 1. The number of aryl methyl sites for hydroxylation is 1. The summed E-state index contributed by atoms with van der Waals surface area (Å²) in [6.07, 6.45) is 7.54. The number of likely N-dealkylation sites (tertiary alicyclic amines) is 1. The quantitative estimate of drug-likeness (QED) is 0.791. The zero-order valence-electron chi connectivity index (χ0n) is 18.3. The smallest absolute Gasteiger partial charge is 0.274 e. The summed E-state index contributed by atoms with van der Waals surface area (Å²) in [5.41, 5.74) is 4.27. The molecule has 0 saturated carbocycles. The van der Waals surface area contributed by atoms with E-state index in [4.69, 9.17) is 9.84 Å². The number of benzene rings is 1. The summed E-state index contributed by atoms with van der Waals surface area (Å²) < 4.78 is 7.54. The second kappa shape index (κ2) is 9.65. The molecule has 6 heteroatoms. The maximum Gasteiger partial charge on any atom is 0.274 e. The molecule has 0 bridgehead atoms. The third-order valence-corrected chi connectivity index (χ3v) is 6.52. The molecule has 0 spiro atoms. The molecule has 0 radical (unpaired) electrons. The minimum atomic E-state index is 0.130. The van der Waals surface area contributed by atoms with Gasteiger partial charge in [0, 0.05) is 49.0 Å². The van der Waals surface area contributed by atoms with E-state index in [0.717, 1.165) is 75.2 Å². The summed E-state index contributed by atoms with van der Waals surface area (Å²) in [4.78, 5) is 15.4. The molecule has 1 saturated heterocycles. The highest BCUT2D eigenvalue weighted by molar-refractivity contribution is 5.94. The summed E-state index contributed by atoms with van der Waals surface area (Å²) in [5.74, 6) is 1.04. The molecule has 1 N–H and O–H groups in total. The van der Waals surface area contributed by atoms with Crippen molar-refractivity contribution < 1.29 is 9.53 Å². The summed E-state index contributed by atoms with van der Waals surface area (Å²) in [6.45, 7) is 5.42. The van der Waals surface area contributed by atoms with Crippen LogP contribution in [0.4, 0.5) is 0 Å². The Bertz CT molecular complexity index is 868. The van der Waals surface area contributed by atoms with Gasteiger partial charge < -0.3 is 15.0 Å². The number of carbonyl (C=O) groups is 1. The van der Waals surface area contributed by atoms with E-state index in [9.17, 15) is 4.79 Å². The number of amides is 1. The highest BCUT2D eigenvalue weighted by Crippen LogP contribution is 2.27. The molecule has 2 heterocycles. The van der Waals surface area contributed by atoms with Crippen LogP contribution in [0, 0.1) is 0 Å². The Kier molecular flexibility index (Phi) is 6.72. The van der Waals surface area contributed by atoms with E-state index in [-0.39, 0.29) is 5.91 Å². The number of rotatable bonds is 6. The van der Waals surface area contributed by atoms with E-state index < -0.39 is 0 Å². The molecule has 1 aliphatic carbocycles.